The summed E-state index contributed by atoms with van der Waals surface area (Å²) in [6.45, 7) is 2.83. The number of benzene rings is 1. The van der Waals surface area contributed by atoms with Gasteiger partial charge in [-0.05, 0) is 26.0 Å². The highest BCUT2D eigenvalue weighted by Gasteiger charge is 2.24. The van der Waals surface area contributed by atoms with Gasteiger partial charge in [-0.25, -0.2) is 4.79 Å². The molecule has 0 fully saturated rings. The Morgan fingerprint density at radius 3 is 2.30 bits per heavy atom. The molecule has 108 valence electrons. The van der Waals surface area contributed by atoms with Crippen LogP contribution in [0.15, 0.2) is 24.3 Å². The molecule has 0 aromatic heterocycles. The molecule has 0 saturated heterocycles. The lowest BCUT2D eigenvalue weighted by Gasteiger charge is -2.24. The van der Waals surface area contributed by atoms with Gasteiger partial charge in [0.25, 0.3) is 0 Å². The number of carbonyl (C=O) groups excluding carboxylic acids is 2. The molecule has 0 aliphatic rings. The fourth-order valence-electron chi connectivity index (χ4n) is 1.67. The minimum Gasteiger partial charge on any atom is -0.480 e. The van der Waals surface area contributed by atoms with Crippen LogP contribution < -0.4 is 16.0 Å². The number of rotatable bonds is 5. The highest BCUT2D eigenvalue weighted by molar-refractivity contribution is 6.01. The van der Waals surface area contributed by atoms with Crippen molar-refractivity contribution in [2.45, 2.75) is 19.9 Å². The Balaban J connectivity index is 2.99. The van der Waals surface area contributed by atoms with Crippen molar-refractivity contribution in [3.8, 4) is 0 Å². The van der Waals surface area contributed by atoms with E-state index in [0.717, 1.165) is 10.5 Å². The number of urea groups is 1. The first kappa shape index (κ1) is 15.5. The van der Waals surface area contributed by atoms with Gasteiger partial charge in [0.1, 0.15) is 12.6 Å². The minimum atomic E-state index is -1.15. The van der Waals surface area contributed by atoms with Crippen LogP contribution in [-0.4, -0.2) is 35.6 Å². The van der Waals surface area contributed by atoms with Gasteiger partial charge < -0.3 is 16.2 Å². The van der Waals surface area contributed by atoms with Crippen molar-refractivity contribution in [1.29, 1.82) is 0 Å². The van der Waals surface area contributed by atoms with Crippen molar-refractivity contribution in [1.82, 2.24) is 5.32 Å². The largest absolute Gasteiger partial charge is 0.480 e. The third-order valence-corrected chi connectivity index (χ3v) is 2.63. The van der Waals surface area contributed by atoms with Gasteiger partial charge in [-0.15, -0.1) is 0 Å². The second-order valence-corrected chi connectivity index (χ2v) is 4.38. The number of aliphatic carboxylic acids is 1. The molecule has 1 aromatic carbocycles. The minimum absolute atomic E-state index is 0.445. The summed E-state index contributed by atoms with van der Waals surface area (Å²) in [5.41, 5.74) is 6.39. The quantitative estimate of drug-likeness (QED) is 0.727. The Morgan fingerprint density at radius 1 is 1.30 bits per heavy atom. The molecule has 0 aliphatic carbocycles. The lowest BCUT2D eigenvalue weighted by molar-refractivity contribution is -0.136. The van der Waals surface area contributed by atoms with Crippen LogP contribution in [0.25, 0.3) is 0 Å². The van der Waals surface area contributed by atoms with Gasteiger partial charge in [0.05, 0.1) is 0 Å². The number of carboxylic acids is 1. The van der Waals surface area contributed by atoms with E-state index >= 15 is 0 Å². The number of nitrogens with two attached hydrogens (primary N) is 1. The van der Waals surface area contributed by atoms with Crippen LogP contribution in [0.2, 0.25) is 0 Å². The number of primary amides is 1. The monoisotopic (exact) mass is 279 g/mol. The Labute approximate surface area is 116 Å². The van der Waals surface area contributed by atoms with Gasteiger partial charge in [-0.3, -0.25) is 14.5 Å². The smallest absolute Gasteiger partial charge is 0.323 e. The van der Waals surface area contributed by atoms with Crippen LogP contribution in [0.4, 0.5) is 10.5 Å². The van der Waals surface area contributed by atoms with Gasteiger partial charge in [0.2, 0.25) is 5.91 Å². The van der Waals surface area contributed by atoms with Crippen molar-refractivity contribution in [2.24, 2.45) is 5.73 Å². The molecular weight excluding hydrogens is 262 g/mol. The Morgan fingerprint density at radius 2 is 1.85 bits per heavy atom. The maximum Gasteiger partial charge on any atom is 0.323 e. The fraction of sp³-hybridized carbons (Fsp3) is 0.308. The average molecular weight is 279 g/mol. The summed E-state index contributed by atoms with van der Waals surface area (Å²) < 4.78 is 0. The third kappa shape index (κ3) is 4.27. The van der Waals surface area contributed by atoms with E-state index in [1.807, 2.05) is 6.92 Å². The van der Waals surface area contributed by atoms with E-state index in [4.69, 9.17) is 10.8 Å². The van der Waals surface area contributed by atoms with Crippen molar-refractivity contribution >= 4 is 23.6 Å². The van der Waals surface area contributed by atoms with E-state index in [2.05, 4.69) is 5.32 Å². The molecule has 1 aromatic rings. The van der Waals surface area contributed by atoms with Crippen LogP contribution in [-0.2, 0) is 9.59 Å². The lowest BCUT2D eigenvalue weighted by Crippen LogP contribution is -2.50. The highest BCUT2D eigenvalue weighted by Crippen LogP contribution is 2.16. The molecule has 1 rings (SSSR count). The molecule has 0 saturated carbocycles. The summed E-state index contributed by atoms with van der Waals surface area (Å²) in [7, 11) is 0. The topological polar surface area (TPSA) is 113 Å². The first-order valence-corrected chi connectivity index (χ1v) is 5.97. The number of carbonyl (C=O) groups is 3. The number of amides is 3. The standard InChI is InChI=1S/C13H17N3O4/c1-8-3-5-10(6-4-8)16(7-11(17)18)12(19)9(2)15-13(14)20/h3-6,9H,7H2,1-2H3,(H,17,18)(H3,14,15,20). The van der Waals surface area contributed by atoms with Gasteiger partial charge in [0, 0.05) is 5.69 Å². The zero-order chi connectivity index (χ0) is 15.3. The van der Waals surface area contributed by atoms with E-state index < -0.39 is 30.5 Å². The van der Waals surface area contributed by atoms with Crippen molar-refractivity contribution < 1.29 is 19.5 Å². The van der Waals surface area contributed by atoms with Gasteiger partial charge in [-0.2, -0.15) is 0 Å². The number of nitrogens with zero attached hydrogens (tertiary/aromatic N) is 1. The van der Waals surface area contributed by atoms with Gasteiger partial charge >= 0.3 is 12.0 Å². The summed E-state index contributed by atoms with van der Waals surface area (Å²) >= 11 is 0. The van der Waals surface area contributed by atoms with Crippen LogP contribution in [0.1, 0.15) is 12.5 Å². The summed E-state index contributed by atoms with van der Waals surface area (Å²) in [5.74, 6) is -1.69. The first-order valence-electron chi connectivity index (χ1n) is 5.97. The number of hydrogen-bond acceptors (Lipinski definition) is 3. The molecule has 1 unspecified atom stereocenters. The Hall–Kier alpha value is -2.57. The number of hydrogen-bond donors (Lipinski definition) is 3. The summed E-state index contributed by atoms with van der Waals surface area (Å²) in [6, 6.07) is 5.08. The SMILES string of the molecule is Cc1ccc(N(CC(=O)O)C(=O)C(C)NC(N)=O)cc1. The Bertz CT molecular complexity index is 513. The van der Waals surface area contributed by atoms with Crippen molar-refractivity contribution in [2.75, 3.05) is 11.4 Å². The maximum atomic E-state index is 12.2. The summed E-state index contributed by atoms with van der Waals surface area (Å²) in [4.78, 5) is 34.9. The predicted molar refractivity (Wildman–Crippen MR) is 73.3 cm³/mol. The van der Waals surface area contributed by atoms with E-state index in [-0.39, 0.29) is 0 Å². The third-order valence-electron chi connectivity index (χ3n) is 2.63. The molecular formula is C13H17N3O4. The van der Waals surface area contributed by atoms with Gasteiger partial charge in [0.15, 0.2) is 0 Å². The fourth-order valence-corrected chi connectivity index (χ4v) is 1.67. The number of nitrogens with one attached hydrogen (secondary N) is 1. The molecule has 7 heteroatoms. The molecule has 20 heavy (non-hydrogen) atoms. The molecule has 7 nitrogen and oxygen atoms in total. The predicted octanol–water partition coefficient (Wildman–Crippen LogP) is 0.469. The maximum absolute atomic E-state index is 12.2. The zero-order valence-electron chi connectivity index (χ0n) is 11.3. The van der Waals surface area contributed by atoms with E-state index in [9.17, 15) is 14.4 Å². The zero-order valence-corrected chi connectivity index (χ0v) is 11.3. The van der Waals surface area contributed by atoms with Crippen molar-refractivity contribution in [3.63, 3.8) is 0 Å². The lowest BCUT2D eigenvalue weighted by atomic mass is 10.2. The summed E-state index contributed by atoms with van der Waals surface area (Å²) in [6.07, 6.45) is 0. The average Bonchev–Trinajstić information content (AvgIpc) is 2.35. The molecule has 0 aliphatic heterocycles. The molecule has 0 spiro atoms. The van der Waals surface area contributed by atoms with E-state index in [1.54, 1.807) is 24.3 Å². The number of anilines is 1. The van der Waals surface area contributed by atoms with E-state index in [1.165, 1.54) is 6.92 Å². The molecule has 3 amide bonds. The second-order valence-electron chi connectivity index (χ2n) is 4.38. The van der Waals surface area contributed by atoms with Crippen LogP contribution >= 0.6 is 0 Å². The molecule has 4 N–H and O–H groups in total. The van der Waals surface area contributed by atoms with Crippen molar-refractivity contribution in [3.05, 3.63) is 29.8 Å². The highest BCUT2D eigenvalue weighted by atomic mass is 16.4. The summed E-state index contributed by atoms with van der Waals surface area (Å²) in [5, 5.41) is 11.1. The Kier molecular flexibility index (Phi) is 5.08. The number of carboxylic acid groups (broad SMARTS) is 1. The first-order chi connectivity index (χ1) is 9.31. The molecule has 0 radical (unpaired) electrons. The van der Waals surface area contributed by atoms with Crippen LogP contribution in [0, 0.1) is 6.92 Å². The van der Waals surface area contributed by atoms with E-state index in [0.29, 0.717) is 5.69 Å². The van der Waals surface area contributed by atoms with Crippen LogP contribution in [0.5, 0.6) is 0 Å². The number of aryl methyl sites for hydroxylation is 1. The van der Waals surface area contributed by atoms with Crippen LogP contribution in [0.3, 0.4) is 0 Å². The molecule has 0 bridgehead atoms. The molecule has 0 heterocycles. The normalized spacial score (nSPS) is 11.5. The molecule has 1 atom stereocenters. The second kappa shape index (κ2) is 6.55. The van der Waals surface area contributed by atoms with Gasteiger partial charge in [-0.1, -0.05) is 17.7 Å².